The third-order valence-corrected chi connectivity index (χ3v) is 2.57. The van der Waals surface area contributed by atoms with Crippen molar-refractivity contribution in [3.05, 3.63) is 35.9 Å². The van der Waals surface area contributed by atoms with Crippen LogP contribution in [0.2, 0.25) is 0 Å². The second kappa shape index (κ2) is 8.50. The van der Waals surface area contributed by atoms with Gasteiger partial charge in [-0.1, -0.05) is 36.8 Å². The van der Waals surface area contributed by atoms with E-state index in [9.17, 15) is 9.59 Å². The molecule has 0 aliphatic heterocycles. The summed E-state index contributed by atoms with van der Waals surface area (Å²) in [7, 11) is 0. The van der Waals surface area contributed by atoms with Crippen LogP contribution in [-0.2, 0) is 20.9 Å². The van der Waals surface area contributed by atoms with Gasteiger partial charge in [-0.15, -0.1) is 0 Å². The molecule has 92 valence electrons. The van der Waals surface area contributed by atoms with Gasteiger partial charge in [0.2, 0.25) is 0 Å². The Hall–Kier alpha value is -1.64. The summed E-state index contributed by atoms with van der Waals surface area (Å²) in [4.78, 5) is 20.2. The summed E-state index contributed by atoms with van der Waals surface area (Å²) in [5.74, 6) is 0.464. The average Bonchev–Trinajstić information content (AvgIpc) is 2.39. The van der Waals surface area contributed by atoms with Gasteiger partial charge in [-0.3, -0.25) is 9.59 Å². The zero-order chi connectivity index (χ0) is 12.3. The third-order valence-electron chi connectivity index (χ3n) is 2.57. The van der Waals surface area contributed by atoms with Crippen LogP contribution < -0.4 is 0 Å². The second-order valence-electron chi connectivity index (χ2n) is 3.99. The Labute approximate surface area is 102 Å². The molecule has 0 aromatic heterocycles. The summed E-state index contributed by atoms with van der Waals surface area (Å²) in [6.07, 6.45) is 5.24. The number of ether oxygens (including phenoxy) is 1. The van der Waals surface area contributed by atoms with Crippen molar-refractivity contribution in [2.45, 2.75) is 38.7 Å². The molecule has 1 fully saturated rings. The zero-order valence-electron chi connectivity index (χ0n) is 9.93. The van der Waals surface area contributed by atoms with E-state index in [1.54, 1.807) is 0 Å². The van der Waals surface area contributed by atoms with Gasteiger partial charge in [-0.25, -0.2) is 0 Å². The second-order valence-corrected chi connectivity index (χ2v) is 3.99. The Morgan fingerprint density at radius 3 is 2.18 bits per heavy atom. The largest absolute Gasteiger partial charge is 0.463 e. The molecule has 1 aromatic carbocycles. The van der Waals surface area contributed by atoms with Crippen LogP contribution in [0.5, 0.6) is 0 Å². The molecule has 0 radical (unpaired) electrons. The molecular formula is C14H18O3. The van der Waals surface area contributed by atoms with E-state index < -0.39 is 0 Å². The number of carbonyl (C=O) groups excluding carboxylic acids is 2. The fraction of sp³-hybridized carbons (Fsp3) is 0.429. The van der Waals surface area contributed by atoms with Crippen molar-refractivity contribution in [3.63, 3.8) is 0 Å². The van der Waals surface area contributed by atoms with Crippen LogP contribution in [-0.4, -0.2) is 12.3 Å². The van der Waals surface area contributed by atoms with Gasteiger partial charge in [-0.2, -0.15) is 0 Å². The highest BCUT2D eigenvalue weighted by Crippen LogP contribution is 2.12. The highest BCUT2D eigenvalue weighted by Gasteiger charge is 2.05. The standard InChI is InChI=1S/C8H8O2.C6H10O/c9-7-10-6-8-4-2-1-3-5-8;7-6-4-2-1-3-5-6/h1-5,7H,6H2;1-5H2. The lowest BCUT2D eigenvalue weighted by molar-refractivity contribution is -0.129. The fourth-order valence-electron chi connectivity index (χ4n) is 1.65. The fourth-order valence-corrected chi connectivity index (χ4v) is 1.65. The lowest BCUT2D eigenvalue weighted by Gasteiger charge is -2.05. The summed E-state index contributed by atoms with van der Waals surface area (Å²) >= 11 is 0. The number of hydrogen-bond donors (Lipinski definition) is 0. The van der Waals surface area contributed by atoms with E-state index in [-0.39, 0.29) is 0 Å². The molecule has 0 atom stereocenters. The number of ketones is 1. The average molecular weight is 234 g/mol. The van der Waals surface area contributed by atoms with Crippen LogP contribution in [0.3, 0.4) is 0 Å². The van der Waals surface area contributed by atoms with Gasteiger partial charge < -0.3 is 4.74 Å². The summed E-state index contributed by atoms with van der Waals surface area (Å²) in [5.41, 5.74) is 1.01. The first-order valence-electron chi connectivity index (χ1n) is 5.94. The highest BCUT2D eigenvalue weighted by atomic mass is 16.5. The molecule has 0 unspecified atom stereocenters. The normalized spacial score (nSPS) is 14.5. The maximum Gasteiger partial charge on any atom is 0.293 e. The van der Waals surface area contributed by atoms with E-state index in [0.717, 1.165) is 31.2 Å². The number of hydrogen-bond acceptors (Lipinski definition) is 3. The number of benzene rings is 1. The molecule has 0 N–H and O–H groups in total. The van der Waals surface area contributed by atoms with Gasteiger partial charge in [0.1, 0.15) is 12.4 Å². The smallest absolute Gasteiger partial charge is 0.293 e. The molecule has 0 spiro atoms. The van der Waals surface area contributed by atoms with E-state index in [2.05, 4.69) is 4.74 Å². The van der Waals surface area contributed by atoms with Crippen LogP contribution in [0.4, 0.5) is 0 Å². The predicted molar refractivity (Wildman–Crippen MR) is 65.4 cm³/mol. The quantitative estimate of drug-likeness (QED) is 0.755. The molecule has 2 rings (SSSR count). The van der Waals surface area contributed by atoms with Crippen molar-refractivity contribution >= 4 is 12.3 Å². The molecule has 1 aliphatic carbocycles. The number of carbonyl (C=O) groups is 2. The van der Waals surface area contributed by atoms with E-state index in [1.165, 1.54) is 6.42 Å². The molecule has 0 amide bonds. The molecule has 0 bridgehead atoms. The van der Waals surface area contributed by atoms with E-state index in [4.69, 9.17) is 0 Å². The lowest BCUT2D eigenvalue weighted by atomic mass is 10.00. The summed E-state index contributed by atoms with van der Waals surface area (Å²) < 4.78 is 4.54. The Morgan fingerprint density at radius 1 is 1.06 bits per heavy atom. The van der Waals surface area contributed by atoms with Crippen molar-refractivity contribution in [2.24, 2.45) is 0 Å². The Kier molecular flexibility index (Phi) is 6.72. The minimum Gasteiger partial charge on any atom is -0.463 e. The molecule has 0 saturated heterocycles. The van der Waals surface area contributed by atoms with Gasteiger partial charge in [0, 0.05) is 12.8 Å². The topological polar surface area (TPSA) is 43.4 Å². The van der Waals surface area contributed by atoms with Gasteiger partial charge in [-0.05, 0) is 18.4 Å². The molecule has 1 aromatic rings. The van der Waals surface area contributed by atoms with Crippen molar-refractivity contribution in [1.82, 2.24) is 0 Å². The zero-order valence-corrected chi connectivity index (χ0v) is 9.93. The first-order chi connectivity index (χ1) is 8.33. The molecule has 3 heteroatoms. The Balaban J connectivity index is 0.000000181. The van der Waals surface area contributed by atoms with Gasteiger partial charge in [0.25, 0.3) is 6.47 Å². The first kappa shape index (κ1) is 13.4. The van der Waals surface area contributed by atoms with Crippen molar-refractivity contribution in [1.29, 1.82) is 0 Å². The Bertz CT molecular complexity index is 325. The molecular weight excluding hydrogens is 216 g/mol. The molecule has 3 nitrogen and oxygen atoms in total. The van der Waals surface area contributed by atoms with Crippen molar-refractivity contribution in [3.8, 4) is 0 Å². The van der Waals surface area contributed by atoms with Crippen molar-refractivity contribution < 1.29 is 14.3 Å². The van der Waals surface area contributed by atoms with Crippen LogP contribution in [0.1, 0.15) is 37.7 Å². The van der Waals surface area contributed by atoms with Crippen LogP contribution >= 0.6 is 0 Å². The minimum absolute atomic E-state index is 0.365. The summed E-state index contributed by atoms with van der Waals surface area (Å²) in [6, 6.07) is 9.55. The van der Waals surface area contributed by atoms with Gasteiger partial charge >= 0.3 is 0 Å². The lowest BCUT2D eigenvalue weighted by Crippen LogP contribution is -2.02. The van der Waals surface area contributed by atoms with Crippen LogP contribution in [0, 0.1) is 0 Å². The first-order valence-corrected chi connectivity index (χ1v) is 5.94. The Morgan fingerprint density at radius 2 is 1.71 bits per heavy atom. The van der Waals surface area contributed by atoms with Gasteiger partial charge in [0.05, 0.1) is 0 Å². The maximum atomic E-state index is 10.5. The minimum atomic E-state index is 0.365. The highest BCUT2D eigenvalue weighted by molar-refractivity contribution is 5.78. The maximum absolute atomic E-state index is 10.5. The van der Waals surface area contributed by atoms with Crippen LogP contribution in [0.15, 0.2) is 30.3 Å². The van der Waals surface area contributed by atoms with Crippen LogP contribution in [0.25, 0.3) is 0 Å². The molecule has 1 saturated carbocycles. The van der Waals surface area contributed by atoms with Crippen molar-refractivity contribution in [2.75, 3.05) is 0 Å². The molecule has 0 heterocycles. The van der Waals surface area contributed by atoms with E-state index >= 15 is 0 Å². The van der Waals surface area contributed by atoms with Gasteiger partial charge in [0.15, 0.2) is 0 Å². The molecule has 1 aliphatic rings. The van der Waals surface area contributed by atoms with E-state index in [1.807, 2.05) is 30.3 Å². The number of Topliss-reactive ketones (excluding diaryl/α,β-unsaturated/α-hetero) is 1. The predicted octanol–water partition coefficient (Wildman–Crippen LogP) is 2.88. The summed E-state index contributed by atoms with van der Waals surface area (Å²) in [5, 5.41) is 0. The number of rotatable bonds is 3. The van der Waals surface area contributed by atoms with E-state index in [0.29, 0.717) is 18.9 Å². The monoisotopic (exact) mass is 234 g/mol. The SMILES string of the molecule is O=C1CCCCC1.O=COCc1ccccc1. The molecule has 17 heavy (non-hydrogen) atoms. The summed E-state index contributed by atoms with van der Waals surface area (Å²) in [6.45, 7) is 0.817. The third kappa shape index (κ3) is 6.51.